The van der Waals surface area contributed by atoms with Crippen LogP contribution in [0.15, 0.2) is 65.6 Å². The molecule has 0 saturated carbocycles. The fourth-order valence-corrected chi connectivity index (χ4v) is 3.09. The van der Waals surface area contributed by atoms with E-state index in [4.69, 9.17) is 9.47 Å². The molecular weight excluding hydrogens is 356 g/mol. The number of methoxy groups -OCH3 is 2. The van der Waals surface area contributed by atoms with Gasteiger partial charge in [-0.1, -0.05) is 30.3 Å². The predicted octanol–water partition coefficient (Wildman–Crippen LogP) is 3.75. The predicted molar refractivity (Wildman–Crippen MR) is 108 cm³/mol. The van der Waals surface area contributed by atoms with Gasteiger partial charge in [-0.25, -0.2) is 4.98 Å². The van der Waals surface area contributed by atoms with Crippen LogP contribution in [-0.2, 0) is 0 Å². The molecule has 0 aliphatic carbocycles. The van der Waals surface area contributed by atoms with E-state index in [1.54, 1.807) is 26.5 Å². The average Bonchev–Trinajstić information content (AvgIpc) is 2.73. The van der Waals surface area contributed by atoms with Gasteiger partial charge in [0.15, 0.2) is 5.65 Å². The highest BCUT2D eigenvalue weighted by Gasteiger charge is 2.15. The zero-order valence-corrected chi connectivity index (χ0v) is 15.4. The maximum absolute atomic E-state index is 12.9. The minimum absolute atomic E-state index is 0.284. The molecule has 0 aliphatic rings. The summed E-state index contributed by atoms with van der Waals surface area (Å²) < 4.78 is 10.8. The fraction of sp³-hybridized carbons (Fsp3) is 0.0952. The van der Waals surface area contributed by atoms with Crippen molar-refractivity contribution in [3.05, 3.63) is 71.1 Å². The number of rotatable bonds is 5. The summed E-state index contributed by atoms with van der Waals surface area (Å²) >= 11 is 0. The first kappa shape index (κ1) is 17.5. The van der Waals surface area contributed by atoms with Gasteiger partial charge in [-0.15, -0.1) is 0 Å². The zero-order valence-electron chi connectivity index (χ0n) is 15.4. The molecule has 7 heteroatoms. The van der Waals surface area contributed by atoms with Crippen LogP contribution in [0, 0.1) is 0 Å². The number of hydrogen-bond donors (Lipinski definition) is 2. The molecule has 4 rings (SSSR count). The summed E-state index contributed by atoms with van der Waals surface area (Å²) in [6.07, 6.45) is 1.63. The van der Waals surface area contributed by atoms with Crippen LogP contribution in [0.1, 0.15) is 0 Å². The van der Waals surface area contributed by atoms with Crippen LogP contribution in [0.3, 0.4) is 0 Å². The summed E-state index contributed by atoms with van der Waals surface area (Å²) in [6, 6.07) is 16.7. The highest BCUT2D eigenvalue weighted by atomic mass is 16.5. The molecule has 0 spiro atoms. The molecule has 2 aromatic heterocycles. The van der Waals surface area contributed by atoms with Crippen molar-refractivity contribution >= 4 is 22.7 Å². The summed E-state index contributed by atoms with van der Waals surface area (Å²) in [7, 11) is 3.18. The number of ether oxygens (including phenoxy) is 2. The second kappa shape index (κ2) is 7.40. The summed E-state index contributed by atoms with van der Waals surface area (Å²) in [4.78, 5) is 24.4. The van der Waals surface area contributed by atoms with Gasteiger partial charge in [0, 0.05) is 17.3 Å². The first-order valence-electron chi connectivity index (χ1n) is 8.63. The van der Waals surface area contributed by atoms with Gasteiger partial charge in [-0.2, -0.15) is 4.98 Å². The highest BCUT2D eigenvalue weighted by molar-refractivity contribution is 5.94. The van der Waals surface area contributed by atoms with Crippen LogP contribution < -0.4 is 20.3 Å². The molecule has 28 heavy (non-hydrogen) atoms. The maximum Gasteiger partial charge on any atom is 0.262 e. The van der Waals surface area contributed by atoms with Gasteiger partial charge in [-0.05, 0) is 24.3 Å². The number of nitrogens with zero attached hydrogens (tertiary/aromatic N) is 2. The molecule has 0 bridgehead atoms. The quantitative estimate of drug-likeness (QED) is 0.553. The molecule has 0 fully saturated rings. The number of benzene rings is 2. The topological polar surface area (TPSA) is 89.1 Å². The number of para-hydroxylation sites is 3. The first-order chi connectivity index (χ1) is 13.7. The Labute approximate surface area is 161 Å². The minimum atomic E-state index is -0.295. The van der Waals surface area contributed by atoms with Crippen LogP contribution in [0.25, 0.3) is 22.2 Å². The summed E-state index contributed by atoms with van der Waals surface area (Å²) in [5.41, 5.74) is 2.24. The number of H-pyrrole nitrogens is 1. The van der Waals surface area contributed by atoms with E-state index >= 15 is 0 Å². The molecule has 0 atom stereocenters. The van der Waals surface area contributed by atoms with Gasteiger partial charge in [-0.3, -0.25) is 9.78 Å². The lowest BCUT2D eigenvalue weighted by Crippen LogP contribution is -2.13. The molecule has 0 amide bonds. The first-order valence-corrected chi connectivity index (χ1v) is 8.63. The number of hydrogen-bond acceptors (Lipinski definition) is 6. The SMILES string of the molecule is COc1ccccc1Nc1nc2nccc(-c3ccccc3OC)c2c(=O)[nH]1. The zero-order chi connectivity index (χ0) is 19.5. The van der Waals surface area contributed by atoms with E-state index in [-0.39, 0.29) is 11.5 Å². The Hall–Kier alpha value is -3.87. The van der Waals surface area contributed by atoms with E-state index in [9.17, 15) is 4.79 Å². The number of aromatic nitrogens is 3. The van der Waals surface area contributed by atoms with E-state index in [2.05, 4.69) is 20.3 Å². The molecule has 7 nitrogen and oxygen atoms in total. The van der Waals surface area contributed by atoms with Crippen molar-refractivity contribution in [2.24, 2.45) is 0 Å². The Balaban J connectivity index is 1.84. The Kier molecular flexibility index (Phi) is 4.63. The van der Waals surface area contributed by atoms with Crippen molar-refractivity contribution in [1.29, 1.82) is 0 Å². The average molecular weight is 374 g/mol. The third-order valence-corrected chi connectivity index (χ3v) is 4.36. The number of anilines is 2. The largest absolute Gasteiger partial charge is 0.496 e. The van der Waals surface area contributed by atoms with Crippen LogP contribution in [0.2, 0.25) is 0 Å². The van der Waals surface area contributed by atoms with Crippen molar-refractivity contribution in [3.8, 4) is 22.6 Å². The van der Waals surface area contributed by atoms with Gasteiger partial charge >= 0.3 is 0 Å². The Bertz CT molecular complexity index is 1200. The lowest BCUT2D eigenvalue weighted by Gasteiger charge is -2.12. The summed E-state index contributed by atoms with van der Waals surface area (Å²) in [5.74, 6) is 1.60. The van der Waals surface area contributed by atoms with Crippen LogP contribution in [0.5, 0.6) is 11.5 Å². The monoisotopic (exact) mass is 374 g/mol. The van der Waals surface area contributed by atoms with Gasteiger partial charge in [0.25, 0.3) is 5.56 Å². The molecule has 2 aromatic carbocycles. The second-order valence-electron chi connectivity index (χ2n) is 6.00. The van der Waals surface area contributed by atoms with Gasteiger partial charge in [0.05, 0.1) is 25.3 Å². The van der Waals surface area contributed by atoms with Crippen LogP contribution in [-0.4, -0.2) is 29.2 Å². The lowest BCUT2D eigenvalue weighted by atomic mass is 10.0. The molecule has 0 unspecified atom stereocenters. The van der Waals surface area contributed by atoms with Gasteiger partial charge in [0.2, 0.25) is 5.95 Å². The molecule has 0 aliphatic heterocycles. The van der Waals surface area contributed by atoms with E-state index in [0.717, 1.165) is 5.56 Å². The number of aromatic amines is 1. The third-order valence-electron chi connectivity index (χ3n) is 4.36. The number of pyridine rings is 1. The third kappa shape index (κ3) is 3.14. The molecule has 0 radical (unpaired) electrons. The van der Waals surface area contributed by atoms with Crippen molar-refractivity contribution in [1.82, 2.24) is 15.0 Å². The van der Waals surface area contributed by atoms with Crippen LogP contribution in [0.4, 0.5) is 11.6 Å². The molecular formula is C21H18N4O3. The van der Waals surface area contributed by atoms with E-state index in [0.29, 0.717) is 33.8 Å². The van der Waals surface area contributed by atoms with Crippen molar-refractivity contribution in [2.45, 2.75) is 0 Å². The molecule has 4 aromatic rings. The van der Waals surface area contributed by atoms with Crippen molar-refractivity contribution in [3.63, 3.8) is 0 Å². The van der Waals surface area contributed by atoms with E-state index in [1.165, 1.54) is 0 Å². The van der Waals surface area contributed by atoms with Crippen LogP contribution >= 0.6 is 0 Å². The van der Waals surface area contributed by atoms with Crippen molar-refractivity contribution < 1.29 is 9.47 Å². The summed E-state index contributed by atoms with van der Waals surface area (Å²) in [6.45, 7) is 0. The van der Waals surface area contributed by atoms with Gasteiger partial charge < -0.3 is 14.8 Å². The van der Waals surface area contributed by atoms with Gasteiger partial charge in [0.1, 0.15) is 11.5 Å². The molecule has 0 saturated heterocycles. The minimum Gasteiger partial charge on any atom is -0.496 e. The van der Waals surface area contributed by atoms with Crippen molar-refractivity contribution in [2.75, 3.05) is 19.5 Å². The number of nitrogens with one attached hydrogen (secondary N) is 2. The summed E-state index contributed by atoms with van der Waals surface area (Å²) in [5, 5.41) is 3.48. The normalized spacial score (nSPS) is 10.6. The van der Waals surface area contributed by atoms with E-state index in [1.807, 2.05) is 48.5 Å². The second-order valence-corrected chi connectivity index (χ2v) is 6.00. The Morgan fingerprint density at radius 2 is 1.61 bits per heavy atom. The highest BCUT2D eigenvalue weighted by Crippen LogP contribution is 2.32. The smallest absolute Gasteiger partial charge is 0.262 e. The number of fused-ring (bicyclic) bond motifs is 1. The molecule has 140 valence electrons. The lowest BCUT2D eigenvalue weighted by molar-refractivity contribution is 0.416. The molecule has 2 N–H and O–H groups in total. The fourth-order valence-electron chi connectivity index (χ4n) is 3.09. The Morgan fingerprint density at radius 3 is 2.39 bits per heavy atom. The standard InChI is InChI=1S/C21H18N4O3/c1-27-16-9-5-3-7-13(16)14-11-12-22-19-18(14)20(26)25-21(24-19)23-15-8-4-6-10-17(15)28-2/h3-12H,1-2H3,(H2,22,23,24,25,26). The maximum atomic E-state index is 12.9. The molecule has 2 heterocycles. The van der Waals surface area contributed by atoms with E-state index < -0.39 is 0 Å². The Morgan fingerprint density at radius 1 is 0.893 bits per heavy atom.